The van der Waals surface area contributed by atoms with Crippen LogP contribution in [0.4, 0.5) is 13.2 Å². The fraction of sp³-hybridized carbons (Fsp3) is 0.375. The quantitative estimate of drug-likeness (QED) is 0.886. The summed E-state index contributed by atoms with van der Waals surface area (Å²) in [6, 6.07) is 8.21. The minimum atomic E-state index is -4.45. The Balaban J connectivity index is 1.83. The fourth-order valence-electron chi connectivity index (χ4n) is 2.13. The van der Waals surface area contributed by atoms with Gasteiger partial charge in [-0.15, -0.1) is 0 Å². The van der Waals surface area contributed by atoms with Crippen LogP contribution in [0.25, 0.3) is 0 Å². The van der Waals surface area contributed by atoms with E-state index < -0.39 is 11.9 Å². The first kappa shape index (κ1) is 17.1. The van der Waals surface area contributed by atoms with E-state index in [2.05, 4.69) is 17.3 Å². The molecule has 0 aliphatic rings. The minimum absolute atomic E-state index is 0.176. The predicted octanol–water partition coefficient (Wildman–Crippen LogP) is 3.28. The Bertz CT molecular complexity index is 647. The standard InChI is InChI=1S/C16H18F3N3O/c1-2-3-12-4-6-13(7-5-12)15(23)20-9-11-22-10-8-14(21-22)16(17,18)19/h4-8,10H,2-3,9,11H2,1H3,(H,20,23). The van der Waals surface area contributed by atoms with Gasteiger partial charge in [-0.1, -0.05) is 25.5 Å². The lowest BCUT2D eigenvalue weighted by Gasteiger charge is -2.07. The van der Waals surface area contributed by atoms with Crippen molar-refractivity contribution < 1.29 is 18.0 Å². The number of carbonyl (C=O) groups is 1. The highest BCUT2D eigenvalue weighted by atomic mass is 19.4. The van der Waals surface area contributed by atoms with Crippen molar-refractivity contribution in [3.63, 3.8) is 0 Å². The van der Waals surface area contributed by atoms with Gasteiger partial charge in [-0.05, 0) is 30.2 Å². The largest absolute Gasteiger partial charge is 0.435 e. The zero-order chi connectivity index (χ0) is 16.9. The molecule has 0 unspecified atom stereocenters. The number of hydrogen-bond donors (Lipinski definition) is 1. The molecule has 23 heavy (non-hydrogen) atoms. The molecule has 1 amide bonds. The lowest BCUT2D eigenvalue weighted by atomic mass is 10.1. The number of aryl methyl sites for hydroxylation is 1. The molecule has 0 atom stereocenters. The number of rotatable bonds is 6. The highest BCUT2D eigenvalue weighted by molar-refractivity contribution is 5.94. The van der Waals surface area contributed by atoms with E-state index in [9.17, 15) is 18.0 Å². The summed E-state index contributed by atoms with van der Waals surface area (Å²) >= 11 is 0. The number of amides is 1. The van der Waals surface area contributed by atoms with E-state index in [-0.39, 0.29) is 19.0 Å². The van der Waals surface area contributed by atoms with Crippen molar-refractivity contribution in [3.05, 3.63) is 53.3 Å². The van der Waals surface area contributed by atoms with Gasteiger partial charge in [0.05, 0.1) is 6.54 Å². The zero-order valence-electron chi connectivity index (χ0n) is 12.7. The molecule has 0 bridgehead atoms. The van der Waals surface area contributed by atoms with Gasteiger partial charge in [-0.25, -0.2) is 0 Å². The number of carbonyl (C=O) groups excluding carboxylic acids is 1. The van der Waals surface area contributed by atoms with Crippen molar-refractivity contribution in [3.8, 4) is 0 Å². The van der Waals surface area contributed by atoms with E-state index in [1.165, 1.54) is 11.8 Å². The van der Waals surface area contributed by atoms with Crippen LogP contribution in [-0.2, 0) is 19.1 Å². The molecule has 7 heteroatoms. The second-order valence-electron chi connectivity index (χ2n) is 5.16. The molecule has 2 rings (SSSR count). The highest BCUT2D eigenvalue weighted by Gasteiger charge is 2.33. The number of benzene rings is 1. The van der Waals surface area contributed by atoms with Gasteiger partial charge in [0, 0.05) is 18.3 Å². The smallest absolute Gasteiger partial charge is 0.350 e. The van der Waals surface area contributed by atoms with Gasteiger partial charge in [0.15, 0.2) is 5.69 Å². The highest BCUT2D eigenvalue weighted by Crippen LogP contribution is 2.27. The third-order valence-corrected chi connectivity index (χ3v) is 3.31. The molecule has 0 saturated carbocycles. The Hall–Kier alpha value is -2.31. The van der Waals surface area contributed by atoms with Crippen molar-refractivity contribution in [2.75, 3.05) is 6.54 Å². The molecule has 0 aliphatic carbocycles. The van der Waals surface area contributed by atoms with E-state index in [4.69, 9.17) is 0 Å². The van der Waals surface area contributed by atoms with Gasteiger partial charge < -0.3 is 5.32 Å². The first-order valence-electron chi connectivity index (χ1n) is 7.38. The lowest BCUT2D eigenvalue weighted by Crippen LogP contribution is -2.27. The van der Waals surface area contributed by atoms with Gasteiger partial charge in [0.25, 0.3) is 5.91 Å². The SMILES string of the molecule is CCCc1ccc(C(=O)NCCn2ccc(C(F)(F)F)n2)cc1. The molecule has 0 radical (unpaired) electrons. The van der Waals surface area contributed by atoms with Crippen LogP contribution in [0.1, 0.15) is 35.0 Å². The van der Waals surface area contributed by atoms with Crippen molar-refractivity contribution >= 4 is 5.91 Å². The van der Waals surface area contributed by atoms with Gasteiger partial charge >= 0.3 is 6.18 Å². The number of alkyl halides is 3. The molecule has 1 aromatic heterocycles. The maximum absolute atomic E-state index is 12.4. The second kappa shape index (κ2) is 7.30. The average Bonchev–Trinajstić information content (AvgIpc) is 2.97. The molecule has 0 saturated heterocycles. The second-order valence-corrected chi connectivity index (χ2v) is 5.16. The van der Waals surface area contributed by atoms with Gasteiger partial charge in [-0.2, -0.15) is 18.3 Å². The maximum Gasteiger partial charge on any atom is 0.435 e. The van der Waals surface area contributed by atoms with Crippen molar-refractivity contribution in [2.24, 2.45) is 0 Å². The summed E-state index contributed by atoms with van der Waals surface area (Å²) in [5.41, 5.74) is 0.761. The number of hydrogen-bond acceptors (Lipinski definition) is 2. The Morgan fingerprint density at radius 1 is 1.22 bits per heavy atom. The minimum Gasteiger partial charge on any atom is -0.350 e. The monoisotopic (exact) mass is 325 g/mol. The first-order chi connectivity index (χ1) is 10.9. The summed E-state index contributed by atoms with van der Waals surface area (Å²) in [6.07, 6.45) is -1.21. The molecular formula is C16H18F3N3O. The topological polar surface area (TPSA) is 46.9 Å². The van der Waals surface area contributed by atoms with E-state index in [0.717, 1.165) is 23.6 Å². The molecule has 124 valence electrons. The lowest BCUT2D eigenvalue weighted by molar-refractivity contribution is -0.141. The van der Waals surface area contributed by atoms with Gasteiger partial charge in [0.1, 0.15) is 0 Å². The summed E-state index contributed by atoms with van der Waals surface area (Å²) < 4.78 is 38.4. The molecule has 4 nitrogen and oxygen atoms in total. The molecule has 1 heterocycles. The predicted molar refractivity (Wildman–Crippen MR) is 80.0 cm³/mol. The van der Waals surface area contributed by atoms with Gasteiger partial charge in [0.2, 0.25) is 0 Å². The third-order valence-electron chi connectivity index (χ3n) is 3.31. The summed E-state index contributed by atoms with van der Waals surface area (Å²) in [5.74, 6) is -0.253. The fourth-order valence-corrected chi connectivity index (χ4v) is 2.13. The summed E-state index contributed by atoms with van der Waals surface area (Å²) in [6.45, 7) is 2.46. The molecule has 0 aliphatic heterocycles. The van der Waals surface area contributed by atoms with E-state index >= 15 is 0 Å². The van der Waals surface area contributed by atoms with Crippen LogP contribution in [-0.4, -0.2) is 22.2 Å². The van der Waals surface area contributed by atoms with Crippen LogP contribution in [0.2, 0.25) is 0 Å². The molecular weight excluding hydrogens is 307 g/mol. The summed E-state index contributed by atoms with van der Waals surface area (Å²) in [4.78, 5) is 11.9. The summed E-state index contributed by atoms with van der Waals surface area (Å²) in [5, 5.41) is 6.09. The summed E-state index contributed by atoms with van der Waals surface area (Å²) in [7, 11) is 0. The van der Waals surface area contributed by atoms with Crippen LogP contribution < -0.4 is 5.32 Å². The van der Waals surface area contributed by atoms with Crippen LogP contribution in [0.5, 0.6) is 0 Å². The Morgan fingerprint density at radius 2 is 1.91 bits per heavy atom. The normalized spacial score (nSPS) is 11.5. The van der Waals surface area contributed by atoms with Crippen LogP contribution >= 0.6 is 0 Å². The molecule has 1 aromatic carbocycles. The first-order valence-corrected chi connectivity index (χ1v) is 7.38. The van der Waals surface area contributed by atoms with Crippen molar-refractivity contribution in [2.45, 2.75) is 32.5 Å². The third kappa shape index (κ3) is 4.84. The van der Waals surface area contributed by atoms with Crippen LogP contribution in [0, 0.1) is 0 Å². The number of halogens is 3. The molecule has 2 aromatic rings. The molecule has 1 N–H and O–H groups in total. The van der Waals surface area contributed by atoms with Crippen molar-refractivity contribution in [1.29, 1.82) is 0 Å². The average molecular weight is 325 g/mol. The van der Waals surface area contributed by atoms with E-state index in [0.29, 0.717) is 5.56 Å². The van der Waals surface area contributed by atoms with Gasteiger partial charge in [-0.3, -0.25) is 9.48 Å². The number of nitrogens with zero attached hydrogens (tertiary/aromatic N) is 2. The van der Waals surface area contributed by atoms with Crippen LogP contribution in [0.3, 0.4) is 0 Å². The number of nitrogens with one attached hydrogen (secondary N) is 1. The maximum atomic E-state index is 12.4. The van der Waals surface area contributed by atoms with Crippen LogP contribution in [0.15, 0.2) is 36.5 Å². The van der Waals surface area contributed by atoms with E-state index in [1.54, 1.807) is 12.1 Å². The molecule has 0 spiro atoms. The molecule has 0 fully saturated rings. The number of aromatic nitrogens is 2. The zero-order valence-corrected chi connectivity index (χ0v) is 12.7. The van der Waals surface area contributed by atoms with E-state index in [1.807, 2.05) is 12.1 Å². The Kier molecular flexibility index (Phi) is 5.41. The Labute approximate surface area is 132 Å². The Morgan fingerprint density at radius 3 is 2.48 bits per heavy atom. The van der Waals surface area contributed by atoms with Crippen molar-refractivity contribution in [1.82, 2.24) is 15.1 Å².